The van der Waals surface area contributed by atoms with E-state index in [0.717, 1.165) is 27.3 Å². The smallest absolute Gasteiger partial charge is 0.243 e. The maximum Gasteiger partial charge on any atom is 0.243 e. The standard InChI is InChI=1S/C31H37Cl2N3O4S/c1-22(2)34-31(38)29(19-24-12-6-5-7-13-24)35(21-25-14-9-8-11-23(25)3)30(37)15-10-18-36(41(4,39)40)28-20-26(32)16-17-27(28)33/h5-9,11-14,16-17,20,22,29H,10,15,18-19,21H2,1-4H3,(H,34,38)/t29-/m0/s1. The Balaban J connectivity index is 1.91. The summed E-state index contributed by atoms with van der Waals surface area (Å²) in [4.78, 5) is 29.0. The van der Waals surface area contributed by atoms with E-state index in [4.69, 9.17) is 23.2 Å². The maximum absolute atomic E-state index is 13.9. The quantitative estimate of drug-likeness (QED) is 0.254. The number of hydrogen-bond donors (Lipinski definition) is 1. The summed E-state index contributed by atoms with van der Waals surface area (Å²) < 4.78 is 26.5. The van der Waals surface area contributed by atoms with Crippen molar-refractivity contribution in [3.8, 4) is 0 Å². The Morgan fingerprint density at radius 3 is 2.24 bits per heavy atom. The molecule has 10 heteroatoms. The molecule has 3 rings (SSSR count). The fourth-order valence-corrected chi connectivity index (χ4v) is 5.97. The summed E-state index contributed by atoms with van der Waals surface area (Å²) in [6.07, 6.45) is 1.66. The molecule has 0 aliphatic carbocycles. The molecule has 0 bridgehead atoms. The van der Waals surface area contributed by atoms with Gasteiger partial charge in [-0.05, 0) is 62.1 Å². The SMILES string of the molecule is Cc1ccccc1CN(C(=O)CCCN(c1cc(Cl)ccc1Cl)S(C)(=O)=O)[C@@H](Cc1ccccc1)C(=O)NC(C)C. The third-order valence-electron chi connectivity index (χ3n) is 6.63. The fraction of sp³-hybridized carbons (Fsp3) is 0.355. The molecular formula is C31H37Cl2N3O4S. The molecule has 0 radical (unpaired) electrons. The van der Waals surface area contributed by atoms with Crippen LogP contribution in [-0.4, -0.2) is 50.0 Å². The Hall–Kier alpha value is -3.07. The van der Waals surface area contributed by atoms with Crippen LogP contribution in [0.5, 0.6) is 0 Å². The van der Waals surface area contributed by atoms with E-state index < -0.39 is 16.1 Å². The second kappa shape index (κ2) is 14.7. The van der Waals surface area contributed by atoms with Gasteiger partial charge < -0.3 is 10.2 Å². The van der Waals surface area contributed by atoms with Gasteiger partial charge in [-0.3, -0.25) is 13.9 Å². The molecule has 0 saturated heterocycles. The van der Waals surface area contributed by atoms with Gasteiger partial charge in [-0.2, -0.15) is 0 Å². The Morgan fingerprint density at radius 1 is 0.951 bits per heavy atom. The van der Waals surface area contributed by atoms with Crippen molar-refractivity contribution in [1.29, 1.82) is 0 Å². The van der Waals surface area contributed by atoms with Gasteiger partial charge in [-0.15, -0.1) is 0 Å². The second-order valence-corrected chi connectivity index (χ2v) is 13.1. The van der Waals surface area contributed by atoms with E-state index in [9.17, 15) is 18.0 Å². The lowest BCUT2D eigenvalue weighted by Gasteiger charge is -2.33. The lowest BCUT2D eigenvalue weighted by Crippen LogP contribution is -2.52. The van der Waals surface area contributed by atoms with Gasteiger partial charge in [0.05, 0.1) is 17.0 Å². The van der Waals surface area contributed by atoms with E-state index in [1.54, 1.807) is 11.0 Å². The number of anilines is 1. The molecule has 0 spiro atoms. The molecule has 1 N–H and O–H groups in total. The third-order valence-corrected chi connectivity index (χ3v) is 8.37. The van der Waals surface area contributed by atoms with Crippen molar-refractivity contribution in [2.24, 2.45) is 0 Å². The Kier molecular flexibility index (Phi) is 11.6. The van der Waals surface area contributed by atoms with Crippen LogP contribution in [0.2, 0.25) is 10.0 Å². The van der Waals surface area contributed by atoms with Gasteiger partial charge in [0.1, 0.15) is 6.04 Å². The summed E-state index contributed by atoms with van der Waals surface area (Å²) in [5.41, 5.74) is 3.12. The highest BCUT2D eigenvalue weighted by Crippen LogP contribution is 2.31. The van der Waals surface area contributed by atoms with Gasteiger partial charge in [0.15, 0.2) is 0 Å². The number of sulfonamides is 1. The molecule has 0 saturated carbocycles. The molecule has 7 nitrogen and oxygen atoms in total. The highest BCUT2D eigenvalue weighted by molar-refractivity contribution is 7.92. The minimum Gasteiger partial charge on any atom is -0.352 e. The summed E-state index contributed by atoms with van der Waals surface area (Å²) in [7, 11) is -3.71. The van der Waals surface area contributed by atoms with Crippen LogP contribution in [0.1, 0.15) is 43.4 Å². The van der Waals surface area contributed by atoms with Crippen LogP contribution in [0.4, 0.5) is 5.69 Å². The number of nitrogens with zero attached hydrogens (tertiary/aromatic N) is 2. The number of amides is 2. The molecular weight excluding hydrogens is 581 g/mol. The molecule has 0 fully saturated rings. The number of rotatable bonds is 13. The molecule has 0 unspecified atom stereocenters. The van der Waals surface area contributed by atoms with Crippen LogP contribution in [0, 0.1) is 6.92 Å². The third kappa shape index (κ3) is 9.48. The van der Waals surface area contributed by atoms with Gasteiger partial charge >= 0.3 is 0 Å². The Labute approximate surface area is 253 Å². The number of nitrogens with one attached hydrogen (secondary N) is 1. The number of carbonyl (C=O) groups is 2. The molecule has 3 aromatic carbocycles. The topological polar surface area (TPSA) is 86.8 Å². The van der Waals surface area contributed by atoms with Gasteiger partial charge in [-0.25, -0.2) is 8.42 Å². The van der Waals surface area contributed by atoms with E-state index in [1.807, 2.05) is 75.4 Å². The van der Waals surface area contributed by atoms with E-state index >= 15 is 0 Å². The van der Waals surface area contributed by atoms with Crippen LogP contribution < -0.4 is 9.62 Å². The summed E-state index contributed by atoms with van der Waals surface area (Å²) in [5, 5.41) is 3.56. The zero-order valence-corrected chi connectivity index (χ0v) is 26.1. The van der Waals surface area contributed by atoms with E-state index in [2.05, 4.69) is 5.32 Å². The van der Waals surface area contributed by atoms with Gasteiger partial charge in [-0.1, -0.05) is 77.8 Å². The molecule has 0 heterocycles. The first-order chi connectivity index (χ1) is 19.4. The number of aryl methyl sites for hydroxylation is 1. The van der Waals surface area contributed by atoms with Crippen molar-refractivity contribution in [3.63, 3.8) is 0 Å². The van der Waals surface area contributed by atoms with Crippen molar-refractivity contribution in [3.05, 3.63) is 99.5 Å². The van der Waals surface area contributed by atoms with Crippen LogP contribution in [0.3, 0.4) is 0 Å². The molecule has 0 aliphatic rings. The van der Waals surface area contributed by atoms with Gasteiger partial charge in [0.25, 0.3) is 0 Å². The molecule has 3 aromatic rings. The minimum atomic E-state index is -3.71. The minimum absolute atomic E-state index is 0.0182. The van der Waals surface area contributed by atoms with E-state index in [0.29, 0.717) is 11.4 Å². The average Bonchev–Trinajstić information content (AvgIpc) is 2.90. The summed E-state index contributed by atoms with van der Waals surface area (Å²) >= 11 is 12.4. The van der Waals surface area contributed by atoms with Crippen molar-refractivity contribution in [2.45, 2.75) is 58.7 Å². The monoisotopic (exact) mass is 617 g/mol. The maximum atomic E-state index is 13.9. The van der Waals surface area contributed by atoms with Crippen LogP contribution in [0.25, 0.3) is 0 Å². The predicted octanol–water partition coefficient (Wildman–Crippen LogP) is 6.01. The van der Waals surface area contributed by atoms with Crippen LogP contribution >= 0.6 is 23.2 Å². The lowest BCUT2D eigenvalue weighted by atomic mass is 10.0. The molecule has 0 aliphatic heterocycles. The van der Waals surface area contributed by atoms with E-state index in [-0.39, 0.29) is 54.5 Å². The predicted molar refractivity (Wildman–Crippen MR) is 167 cm³/mol. The summed E-state index contributed by atoms with van der Waals surface area (Å²) in [6, 6.07) is 21.1. The Bertz CT molecular complexity index is 1450. The highest BCUT2D eigenvalue weighted by atomic mass is 35.5. The fourth-order valence-electron chi connectivity index (χ4n) is 4.57. The number of carbonyl (C=O) groups excluding carboxylic acids is 2. The van der Waals surface area contributed by atoms with Crippen molar-refractivity contribution < 1.29 is 18.0 Å². The average molecular weight is 619 g/mol. The summed E-state index contributed by atoms with van der Waals surface area (Å²) in [6.45, 7) is 5.99. The Morgan fingerprint density at radius 2 is 1.61 bits per heavy atom. The molecule has 2 amide bonds. The van der Waals surface area contributed by atoms with Gasteiger partial charge in [0.2, 0.25) is 21.8 Å². The highest BCUT2D eigenvalue weighted by Gasteiger charge is 2.31. The lowest BCUT2D eigenvalue weighted by molar-refractivity contribution is -0.141. The molecule has 41 heavy (non-hydrogen) atoms. The summed E-state index contributed by atoms with van der Waals surface area (Å²) in [5.74, 6) is -0.493. The first kappa shape index (κ1) is 32.4. The number of hydrogen-bond acceptors (Lipinski definition) is 4. The number of benzene rings is 3. The van der Waals surface area contributed by atoms with Crippen molar-refractivity contribution >= 4 is 50.7 Å². The largest absolute Gasteiger partial charge is 0.352 e. The van der Waals surface area contributed by atoms with Crippen molar-refractivity contribution in [2.75, 3.05) is 17.1 Å². The van der Waals surface area contributed by atoms with E-state index in [1.165, 1.54) is 12.1 Å². The second-order valence-electron chi connectivity index (χ2n) is 10.4. The van der Waals surface area contributed by atoms with Crippen LogP contribution in [0.15, 0.2) is 72.8 Å². The first-order valence-electron chi connectivity index (χ1n) is 13.5. The molecule has 1 atom stereocenters. The number of halogens is 2. The zero-order valence-electron chi connectivity index (χ0n) is 23.8. The molecule has 0 aromatic heterocycles. The van der Waals surface area contributed by atoms with Crippen LogP contribution in [-0.2, 0) is 32.6 Å². The zero-order chi connectivity index (χ0) is 30.2. The first-order valence-corrected chi connectivity index (χ1v) is 16.1. The van der Waals surface area contributed by atoms with Crippen molar-refractivity contribution in [1.82, 2.24) is 10.2 Å². The molecule has 220 valence electrons. The van der Waals surface area contributed by atoms with Gasteiger partial charge in [0, 0.05) is 37.0 Å². The normalized spacial score (nSPS) is 12.2.